The molecule has 1 fully saturated rings. The number of likely N-dealkylation sites (tertiary alicyclic amines) is 1. The summed E-state index contributed by atoms with van der Waals surface area (Å²) in [6.07, 6.45) is 3.40. The number of H-pyrrole nitrogens is 1. The van der Waals surface area contributed by atoms with Gasteiger partial charge in [-0.1, -0.05) is 12.1 Å². The van der Waals surface area contributed by atoms with E-state index in [4.69, 9.17) is 0 Å². The van der Waals surface area contributed by atoms with Crippen molar-refractivity contribution in [3.8, 4) is 0 Å². The zero-order valence-electron chi connectivity index (χ0n) is 13.3. The van der Waals surface area contributed by atoms with E-state index in [1.165, 1.54) is 12.1 Å². The Labute approximate surface area is 138 Å². The van der Waals surface area contributed by atoms with Gasteiger partial charge < -0.3 is 4.90 Å². The van der Waals surface area contributed by atoms with E-state index in [1.807, 2.05) is 17.9 Å². The monoisotopic (exact) mass is 324 g/mol. The quantitative estimate of drug-likeness (QED) is 0.786. The van der Waals surface area contributed by atoms with Crippen LogP contribution in [0, 0.1) is 12.7 Å². The molecule has 1 N–H and O–H groups in total. The number of amides is 1. The normalized spacial score (nSPS) is 17.6. The standard InChI is InChI=1S/C18H17FN4O/c1-11-15-9-13(10-20-17(15)22-21-11)18(24)23-8-2-3-16(23)12-4-6-14(19)7-5-12/h4-7,9-10,16H,2-3,8H2,1H3,(H,20,21,22)/t16-/m0/s1. The number of aromatic amines is 1. The first-order valence-electron chi connectivity index (χ1n) is 8.00. The largest absolute Gasteiger partial charge is 0.332 e. The summed E-state index contributed by atoms with van der Waals surface area (Å²) in [4.78, 5) is 19.1. The van der Waals surface area contributed by atoms with Crippen LogP contribution in [-0.2, 0) is 0 Å². The molecule has 0 unspecified atom stereocenters. The second-order valence-corrected chi connectivity index (χ2v) is 6.15. The number of aryl methyl sites for hydroxylation is 1. The molecular formula is C18H17FN4O. The number of aromatic nitrogens is 3. The molecule has 0 bridgehead atoms. The summed E-state index contributed by atoms with van der Waals surface area (Å²) in [5, 5.41) is 7.83. The molecule has 4 rings (SSSR count). The smallest absolute Gasteiger partial charge is 0.255 e. The molecule has 0 saturated carbocycles. The Morgan fingerprint density at radius 1 is 1.33 bits per heavy atom. The summed E-state index contributed by atoms with van der Waals surface area (Å²) in [5.41, 5.74) is 3.03. The predicted molar refractivity (Wildman–Crippen MR) is 88.0 cm³/mol. The van der Waals surface area contributed by atoms with Gasteiger partial charge in [-0.2, -0.15) is 5.10 Å². The first-order valence-corrected chi connectivity index (χ1v) is 8.00. The third-order valence-electron chi connectivity index (χ3n) is 4.62. The SMILES string of the molecule is Cc1[nH]nc2ncc(C(=O)N3CCC[C@H]3c3ccc(F)cc3)cc12. The number of carbonyl (C=O) groups is 1. The lowest BCUT2D eigenvalue weighted by molar-refractivity contribution is 0.0735. The Morgan fingerprint density at radius 3 is 2.92 bits per heavy atom. The molecule has 0 spiro atoms. The molecule has 2 aromatic heterocycles. The van der Waals surface area contributed by atoms with Crippen LogP contribution >= 0.6 is 0 Å². The highest BCUT2D eigenvalue weighted by molar-refractivity contribution is 5.97. The van der Waals surface area contributed by atoms with E-state index in [0.717, 1.165) is 29.5 Å². The highest BCUT2D eigenvalue weighted by atomic mass is 19.1. The summed E-state index contributed by atoms with van der Waals surface area (Å²) >= 11 is 0. The van der Waals surface area contributed by atoms with Gasteiger partial charge in [-0.3, -0.25) is 9.89 Å². The Hall–Kier alpha value is -2.76. The minimum Gasteiger partial charge on any atom is -0.332 e. The van der Waals surface area contributed by atoms with Crippen molar-refractivity contribution in [1.29, 1.82) is 0 Å². The van der Waals surface area contributed by atoms with E-state index in [2.05, 4.69) is 15.2 Å². The van der Waals surface area contributed by atoms with Crippen molar-refractivity contribution >= 4 is 16.9 Å². The molecule has 0 aliphatic carbocycles. The summed E-state index contributed by atoms with van der Waals surface area (Å²) in [6.45, 7) is 2.60. The van der Waals surface area contributed by atoms with Crippen LogP contribution in [0.4, 0.5) is 4.39 Å². The van der Waals surface area contributed by atoms with Gasteiger partial charge in [-0.05, 0) is 43.5 Å². The minimum atomic E-state index is -0.264. The van der Waals surface area contributed by atoms with Gasteiger partial charge in [0.15, 0.2) is 5.65 Å². The van der Waals surface area contributed by atoms with Crippen LogP contribution < -0.4 is 0 Å². The van der Waals surface area contributed by atoms with Crippen LogP contribution in [0.2, 0.25) is 0 Å². The Kier molecular flexibility index (Phi) is 3.52. The van der Waals surface area contributed by atoms with Gasteiger partial charge >= 0.3 is 0 Å². The molecule has 3 heterocycles. The average Bonchev–Trinajstić information content (AvgIpc) is 3.22. The van der Waals surface area contributed by atoms with Crippen LogP contribution in [0.25, 0.3) is 11.0 Å². The van der Waals surface area contributed by atoms with Crippen LogP contribution in [0.1, 0.15) is 40.5 Å². The summed E-state index contributed by atoms with van der Waals surface area (Å²) < 4.78 is 13.2. The number of fused-ring (bicyclic) bond motifs is 1. The van der Waals surface area contributed by atoms with Gasteiger partial charge in [-0.25, -0.2) is 9.37 Å². The molecule has 6 heteroatoms. The van der Waals surface area contributed by atoms with Gasteiger partial charge in [0, 0.05) is 23.8 Å². The molecule has 1 aliphatic heterocycles. The molecule has 1 aromatic carbocycles. The fourth-order valence-electron chi connectivity index (χ4n) is 3.34. The second kappa shape index (κ2) is 5.70. The lowest BCUT2D eigenvalue weighted by atomic mass is 10.0. The number of hydrogen-bond donors (Lipinski definition) is 1. The zero-order valence-corrected chi connectivity index (χ0v) is 13.3. The number of rotatable bonds is 2. The Balaban J connectivity index is 1.66. The summed E-state index contributed by atoms with van der Waals surface area (Å²) in [7, 11) is 0. The van der Waals surface area contributed by atoms with E-state index in [1.54, 1.807) is 18.3 Å². The zero-order chi connectivity index (χ0) is 16.7. The maximum Gasteiger partial charge on any atom is 0.255 e. The molecule has 24 heavy (non-hydrogen) atoms. The van der Waals surface area contributed by atoms with Crippen LogP contribution in [0.15, 0.2) is 36.5 Å². The van der Waals surface area contributed by atoms with Crippen LogP contribution in [0.3, 0.4) is 0 Å². The molecule has 1 atom stereocenters. The van der Waals surface area contributed by atoms with Gasteiger partial charge in [0.05, 0.1) is 11.6 Å². The van der Waals surface area contributed by atoms with Gasteiger partial charge in [0.25, 0.3) is 5.91 Å². The van der Waals surface area contributed by atoms with Gasteiger partial charge in [0.2, 0.25) is 0 Å². The number of hydrogen-bond acceptors (Lipinski definition) is 3. The van der Waals surface area contributed by atoms with Crippen molar-refractivity contribution in [1.82, 2.24) is 20.1 Å². The van der Waals surface area contributed by atoms with Gasteiger partial charge in [-0.15, -0.1) is 0 Å². The lowest BCUT2D eigenvalue weighted by Gasteiger charge is -2.25. The molecule has 1 saturated heterocycles. The molecule has 1 aliphatic rings. The second-order valence-electron chi connectivity index (χ2n) is 6.15. The van der Waals surface area contributed by atoms with Crippen molar-refractivity contribution < 1.29 is 9.18 Å². The van der Waals surface area contributed by atoms with Crippen molar-refractivity contribution in [2.45, 2.75) is 25.8 Å². The van der Waals surface area contributed by atoms with E-state index < -0.39 is 0 Å². The third kappa shape index (κ3) is 2.44. The Bertz CT molecular complexity index is 903. The molecule has 1 amide bonds. The molecular weight excluding hydrogens is 307 g/mol. The highest BCUT2D eigenvalue weighted by Gasteiger charge is 2.31. The van der Waals surface area contributed by atoms with Crippen molar-refractivity contribution in [3.05, 3.63) is 59.2 Å². The van der Waals surface area contributed by atoms with Crippen molar-refractivity contribution in [2.75, 3.05) is 6.54 Å². The fourth-order valence-corrected chi connectivity index (χ4v) is 3.34. The number of nitrogens with one attached hydrogen (secondary N) is 1. The topological polar surface area (TPSA) is 61.9 Å². The summed E-state index contributed by atoms with van der Waals surface area (Å²) in [6, 6.07) is 8.22. The minimum absolute atomic E-state index is 0.0146. The number of nitrogens with zero attached hydrogens (tertiary/aromatic N) is 3. The molecule has 122 valence electrons. The number of carbonyl (C=O) groups excluding carboxylic acids is 1. The molecule has 5 nitrogen and oxygen atoms in total. The lowest BCUT2D eigenvalue weighted by Crippen LogP contribution is -2.30. The first-order chi connectivity index (χ1) is 11.6. The van der Waals surface area contributed by atoms with E-state index in [9.17, 15) is 9.18 Å². The van der Waals surface area contributed by atoms with Gasteiger partial charge in [0.1, 0.15) is 5.82 Å². The van der Waals surface area contributed by atoms with E-state index >= 15 is 0 Å². The van der Waals surface area contributed by atoms with E-state index in [-0.39, 0.29) is 17.8 Å². The molecule has 3 aromatic rings. The predicted octanol–water partition coefficient (Wildman–Crippen LogP) is 3.38. The van der Waals surface area contributed by atoms with Crippen molar-refractivity contribution in [3.63, 3.8) is 0 Å². The maximum absolute atomic E-state index is 13.2. The third-order valence-corrected chi connectivity index (χ3v) is 4.62. The number of halogens is 1. The maximum atomic E-state index is 13.2. The Morgan fingerprint density at radius 2 is 2.12 bits per heavy atom. The van der Waals surface area contributed by atoms with E-state index in [0.29, 0.717) is 17.8 Å². The first kappa shape index (κ1) is 14.8. The number of pyridine rings is 1. The molecule has 0 radical (unpaired) electrons. The summed E-state index contributed by atoms with van der Waals surface area (Å²) in [5.74, 6) is -0.309. The average molecular weight is 324 g/mol. The van der Waals surface area contributed by atoms with Crippen molar-refractivity contribution in [2.24, 2.45) is 0 Å². The highest BCUT2D eigenvalue weighted by Crippen LogP contribution is 2.33. The number of benzene rings is 1. The fraction of sp³-hybridized carbons (Fsp3) is 0.278. The van der Waals surface area contributed by atoms with Crippen LogP contribution in [-0.4, -0.2) is 32.5 Å². The van der Waals surface area contributed by atoms with Crippen LogP contribution in [0.5, 0.6) is 0 Å².